The molecule has 8 heteroatoms. The number of benzene rings is 2. The first-order valence-corrected chi connectivity index (χ1v) is 9.40. The van der Waals surface area contributed by atoms with Crippen LogP contribution in [0.25, 0.3) is 0 Å². The van der Waals surface area contributed by atoms with Crippen molar-refractivity contribution in [2.24, 2.45) is 4.99 Å². The third kappa shape index (κ3) is 8.76. The smallest absolute Gasteiger partial charge is 0.191 e. The van der Waals surface area contributed by atoms with Crippen molar-refractivity contribution in [3.8, 4) is 17.2 Å². The number of aromatic hydroxyl groups is 1. The van der Waals surface area contributed by atoms with Crippen molar-refractivity contribution in [1.29, 1.82) is 0 Å². The van der Waals surface area contributed by atoms with Crippen LogP contribution in [0, 0.1) is 5.82 Å². The number of rotatable bonds is 9. The molecule has 0 aliphatic rings. The number of guanidine groups is 1. The number of halogens is 2. The van der Waals surface area contributed by atoms with Gasteiger partial charge in [-0.1, -0.05) is 12.1 Å². The Hall–Kier alpha value is -2.23. The molecule has 160 valence electrons. The zero-order valence-electron chi connectivity index (χ0n) is 16.9. The fourth-order valence-corrected chi connectivity index (χ4v) is 2.49. The average Bonchev–Trinajstić information content (AvgIpc) is 2.66. The summed E-state index contributed by atoms with van der Waals surface area (Å²) in [5.74, 6) is 1.37. The van der Waals surface area contributed by atoms with Crippen LogP contribution in [0.2, 0.25) is 0 Å². The van der Waals surface area contributed by atoms with Crippen LogP contribution in [0.4, 0.5) is 4.39 Å². The highest BCUT2D eigenvalue weighted by Crippen LogP contribution is 2.27. The number of aliphatic imine (C=N–C) groups is 1. The topological polar surface area (TPSA) is 75.1 Å². The molecule has 2 aromatic rings. The molecule has 0 aliphatic heterocycles. The van der Waals surface area contributed by atoms with E-state index in [1.165, 1.54) is 12.1 Å². The number of nitrogens with one attached hydrogen (secondary N) is 2. The van der Waals surface area contributed by atoms with Crippen molar-refractivity contribution in [1.82, 2.24) is 10.6 Å². The lowest BCUT2D eigenvalue weighted by atomic mass is 10.2. The van der Waals surface area contributed by atoms with Gasteiger partial charge in [-0.2, -0.15) is 0 Å². The second kappa shape index (κ2) is 13.1. The van der Waals surface area contributed by atoms with Gasteiger partial charge >= 0.3 is 0 Å². The molecule has 0 amide bonds. The Kier molecular flexibility index (Phi) is 11.2. The van der Waals surface area contributed by atoms with Gasteiger partial charge in [0.05, 0.1) is 19.7 Å². The molecule has 2 aromatic carbocycles. The SMILES string of the molecule is CCNC(=NCc1ccc(O)c(OCC)c1)NCC(C)Oc1cccc(F)c1.I. The van der Waals surface area contributed by atoms with Crippen LogP contribution in [-0.4, -0.2) is 36.9 Å². The zero-order chi connectivity index (χ0) is 20.4. The second-order valence-corrected chi connectivity index (χ2v) is 6.20. The van der Waals surface area contributed by atoms with E-state index in [0.29, 0.717) is 43.7 Å². The molecule has 0 saturated heterocycles. The number of phenols is 1. The first kappa shape index (κ1) is 24.8. The summed E-state index contributed by atoms with van der Waals surface area (Å²) in [7, 11) is 0. The monoisotopic (exact) mass is 517 g/mol. The van der Waals surface area contributed by atoms with Crippen LogP contribution in [0.3, 0.4) is 0 Å². The molecule has 0 aromatic heterocycles. The van der Waals surface area contributed by atoms with E-state index in [2.05, 4.69) is 15.6 Å². The Bertz CT molecular complexity index is 790. The van der Waals surface area contributed by atoms with Crippen molar-refractivity contribution in [2.45, 2.75) is 33.4 Å². The van der Waals surface area contributed by atoms with Crippen LogP contribution in [0.15, 0.2) is 47.5 Å². The minimum Gasteiger partial charge on any atom is -0.504 e. The molecule has 0 spiro atoms. The summed E-state index contributed by atoms with van der Waals surface area (Å²) in [4.78, 5) is 4.55. The van der Waals surface area contributed by atoms with Crippen molar-refractivity contribution in [3.05, 3.63) is 53.8 Å². The van der Waals surface area contributed by atoms with Crippen LogP contribution >= 0.6 is 24.0 Å². The third-order valence-corrected chi connectivity index (χ3v) is 3.78. The summed E-state index contributed by atoms with van der Waals surface area (Å²) in [5, 5.41) is 16.2. The highest BCUT2D eigenvalue weighted by atomic mass is 127. The molecule has 6 nitrogen and oxygen atoms in total. The number of hydrogen-bond acceptors (Lipinski definition) is 4. The van der Waals surface area contributed by atoms with Gasteiger partial charge in [0.1, 0.15) is 17.7 Å². The Morgan fingerprint density at radius 1 is 1.17 bits per heavy atom. The van der Waals surface area contributed by atoms with E-state index in [1.54, 1.807) is 30.3 Å². The summed E-state index contributed by atoms with van der Waals surface area (Å²) in [6, 6.07) is 11.3. The summed E-state index contributed by atoms with van der Waals surface area (Å²) < 4.78 is 24.4. The van der Waals surface area contributed by atoms with E-state index in [-0.39, 0.29) is 41.6 Å². The first-order valence-electron chi connectivity index (χ1n) is 9.40. The van der Waals surface area contributed by atoms with Crippen molar-refractivity contribution >= 4 is 29.9 Å². The molecule has 0 bridgehead atoms. The van der Waals surface area contributed by atoms with Gasteiger partial charge in [0, 0.05) is 12.6 Å². The van der Waals surface area contributed by atoms with E-state index >= 15 is 0 Å². The Morgan fingerprint density at radius 2 is 1.97 bits per heavy atom. The van der Waals surface area contributed by atoms with E-state index in [4.69, 9.17) is 9.47 Å². The standard InChI is InChI=1S/C21H28FN3O3.HI/c1-4-23-21(24-13-15(3)28-18-8-6-7-17(22)12-18)25-14-16-9-10-19(26)20(11-16)27-5-2;/h6-12,15,26H,4-5,13-14H2,1-3H3,(H2,23,24,25);1H. The number of nitrogens with zero attached hydrogens (tertiary/aromatic N) is 1. The van der Waals surface area contributed by atoms with Gasteiger partial charge in [0.25, 0.3) is 0 Å². The van der Waals surface area contributed by atoms with E-state index in [1.807, 2.05) is 20.8 Å². The predicted octanol–water partition coefficient (Wildman–Crippen LogP) is 4.07. The maximum Gasteiger partial charge on any atom is 0.191 e. The molecule has 0 heterocycles. The molecule has 0 saturated carbocycles. The quantitative estimate of drug-likeness (QED) is 0.266. The number of hydrogen-bond donors (Lipinski definition) is 3. The minimum atomic E-state index is -0.326. The number of ether oxygens (including phenoxy) is 2. The van der Waals surface area contributed by atoms with Gasteiger partial charge < -0.3 is 25.2 Å². The fraction of sp³-hybridized carbons (Fsp3) is 0.381. The molecule has 1 unspecified atom stereocenters. The summed E-state index contributed by atoms with van der Waals surface area (Å²) in [5.41, 5.74) is 0.919. The van der Waals surface area contributed by atoms with Crippen LogP contribution in [0.5, 0.6) is 17.2 Å². The molecule has 0 fully saturated rings. The normalized spacial score (nSPS) is 11.9. The van der Waals surface area contributed by atoms with Crippen LogP contribution in [-0.2, 0) is 6.54 Å². The van der Waals surface area contributed by atoms with E-state index in [0.717, 1.165) is 5.56 Å². The van der Waals surface area contributed by atoms with Gasteiger partial charge in [0.15, 0.2) is 17.5 Å². The maximum atomic E-state index is 13.2. The summed E-state index contributed by atoms with van der Waals surface area (Å²) >= 11 is 0. The highest BCUT2D eigenvalue weighted by Gasteiger charge is 2.07. The van der Waals surface area contributed by atoms with E-state index < -0.39 is 0 Å². The Labute approximate surface area is 188 Å². The highest BCUT2D eigenvalue weighted by molar-refractivity contribution is 14.0. The van der Waals surface area contributed by atoms with Crippen molar-refractivity contribution in [2.75, 3.05) is 19.7 Å². The molecule has 0 aliphatic carbocycles. The lowest BCUT2D eigenvalue weighted by molar-refractivity contribution is 0.223. The van der Waals surface area contributed by atoms with Gasteiger partial charge in [0.2, 0.25) is 0 Å². The molecule has 1 atom stereocenters. The van der Waals surface area contributed by atoms with Crippen molar-refractivity contribution < 1.29 is 19.0 Å². The minimum absolute atomic E-state index is 0. The molecule has 29 heavy (non-hydrogen) atoms. The predicted molar refractivity (Wildman–Crippen MR) is 124 cm³/mol. The summed E-state index contributed by atoms with van der Waals surface area (Å²) in [6.07, 6.45) is -0.177. The maximum absolute atomic E-state index is 13.2. The Morgan fingerprint density at radius 3 is 2.66 bits per heavy atom. The second-order valence-electron chi connectivity index (χ2n) is 6.20. The molecule has 0 radical (unpaired) electrons. The molecular formula is C21H29FIN3O3. The molecule has 3 N–H and O–H groups in total. The third-order valence-electron chi connectivity index (χ3n) is 3.78. The van der Waals surface area contributed by atoms with Crippen LogP contribution in [0.1, 0.15) is 26.3 Å². The van der Waals surface area contributed by atoms with Crippen molar-refractivity contribution in [3.63, 3.8) is 0 Å². The first-order chi connectivity index (χ1) is 13.5. The average molecular weight is 517 g/mol. The summed E-state index contributed by atoms with van der Waals surface area (Å²) in [6.45, 7) is 7.87. The van der Waals surface area contributed by atoms with Gasteiger partial charge in [-0.25, -0.2) is 9.38 Å². The lowest BCUT2D eigenvalue weighted by Gasteiger charge is -2.17. The largest absolute Gasteiger partial charge is 0.504 e. The van der Waals surface area contributed by atoms with Gasteiger partial charge in [-0.3, -0.25) is 0 Å². The van der Waals surface area contributed by atoms with Crippen LogP contribution < -0.4 is 20.1 Å². The molecule has 2 rings (SSSR count). The lowest BCUT2D eigenvalue weighted by Crippen LogP contribution is -2.41. The van der Waals surface area contributed by atoms with Gasteiger partial charge in [-0.15, -0.1) is 24.0 Å². The fourth-order valence-electron chi connectivity index (χ4n) is 2.49. The zero-order valence-corrected chi connectivity index (χ0v) is 19.3. The Balaban J connectivity index is 0.00000420. The van der Waals surface area contributed by atoms with Gasteiger partial charge in [-0.05, 0) is 50.6 Å². The molecular weight excluding hydrogens is 488 g/mol. The van der Waals surface area contributed by atoms with E-state index in [9.17, 15) is 9.50 Å². The number of phenolic OH excluding ortho intramolecular Hbond substituents is 1.